The quantitative estimate of drug-likeness (QED) is 0.328. The van der Waals surface area contributed by atoms with Crippen LogP contribution in [0, 0.1) is 0 Å². The molecule has 4 aromatic rings. The minimum Gasteiger partial charge on any atom is -0.508 e. The molecule has 0 saturated carbocycles. The van der Waals surface area contributed by atoms with E-state index in [-0.39, 0.29) is 17.1 Å². The second kappa shape index (κ2) is 8.98. The summed E-state index contributed by atoms with van der Waals surface area (Å²) >= 11 is 6.15. The number of carbonyl (C=O) groups excluding carboxylic acids is 2. The molecule has 5 rings (SSSR count). The van der Waals surface area contributed by atoms with Crippen LogP contribution in [0.1, 0.15) is 22.2 Å². The van der Waals surface area contributed by atoms with E-state index in [1.165, 1.54) is 37.3 Å². The molecule has 1 atom stereocenters. The van der Waals surface area contributed by atoms with E-state index in [0.29, 0.717) is 38.7 Å². The number of furan rings is 1. The summed E-state index contributed by atoms with van der Waals surface area (Å²) < 4.78 is 16.6. The Balaban J connectivity index is 1.68. The molecule has 0 saturated heterocycles. The summed E-state index contributed by atoms with van der Waals surface area (Å²) in [5, 5.41) is 21.7. The van der Waals surface area contributed by atoms with E-state index in [4.69, 9.17) is 25.5 Å². The lowest BCUT2D eigenvalue weighted by Crippen LogP contribution is -2.31. The van der Waals surface area contributed by atoms with Gasteiger partial charge in [0.1, 0.15) is 11.5 Å². The molecule has 1 aromatic heterocycles. The fraction of sp³-hybridized carbons (Fsp3) is 0.111. The van der Waals surface area contributed by atoms with E-state index in [9.17, 15) is 19.8 Å². The molecule has 0 aliphatic carbocycles. The Morgan fingerprint density at radius 1 is 0.972 bits per heavy atom. The summed E-state index contributed by atoms with van der Waals surface area (Å²) in [5.41, 5.74) is 0.963. The van der Waals surface area contributed by atoms with Crippen molar-refractivity contribution in [1.82, 2.24) is 0 Å². The lowest BCUT2D eigenvalue weighted by molar-refractivity contribution is -0.117. The van der Waals surface area contributed by atoms with Crippen molar-refractivity contribution in [2.45, 2.75) is 6.04 Å². The lowest BCUT2D eigenvalue weighted by Gasteiger charge is -2.28. The van der Waals surface area contributed by atoms with Crippen LogP contribution in [0.4, 0.5) is 5.69 Å². The summed E-state index contributed by atoms with van der Waals surface area (Å²) in [7, 11) is 2.91. The van der Waals surface area contributed by atoms with Gasteiger partial charge in [0.2, 0.25) is 5.78 Å². The molecule has 36 heavy (non-hydrogen) atoms. The van der Waals surface area contributed by atoms with Gasteiger partial charge in [0.05, 0.1) is 31.5 Å². The Bertz CT molecular complexity index is 1540. The third-order valence-electron chi connectivity index (χ3n) is 6.00. The first-order chi connectivity index (χ1) is 17.3. The molecule has 1 unspecified atom stereocenters. The molecule has 9 heteroatoms. The van der Waals surface area contributed by atoms with E-state index in [1.54, 1.807) is 48.5 Å². The number of amides is 1. The van der Waals surface area contributed by atoms with Gasteiger partial charge in [-0.1, -0.05) is 35.9 Å². The van der Waals surface area contributed by atoms with Crippen molar-refractivity contribution < 1.29 is 33.7 Å². The van der Waals surface area contributed by atoms with Gasteiger partial charge in [-0.15, -0.1) is 0 Å². The highest BCUT2D eigenvalue weighted by Crippen LogP contribution is 2.45. The summed E-state index contributed by atoms with van der Waals surface area (Å²) in [4.78, 5) is 28.5. The smallest absolute Gasteiger partial charge is 0.294 e. The van der Waals surface area contributed by atoms with Crippen molar-refractivity contribution >= 4 is 39.9 Å². The fourth-order valence-corrected chi connectivity index (χ4v) is 4.59. The Kier molecular flexibility index (Phi) is 5.81. The molecule has 0 bridgehead atoms. The number of carbonyl (C=O) groups is 2. The molecule has 1 aliphatic rings. The number of hydrogen-bond donors (Lipinski definition) is 2. The topological polar surface area (TPSA) is 109 Å². The number of nitrogens with zero attached hydrogens (tertiary/aromatic N) is 1. The van der Waals surface area contributed by atoms with Crippen LogP contribution in [0.3, 0.4) is 0 Å². The first-order valence-corrected chi connectivity index (χ1v) is 11.2. The zero-order valence-electron chi connectivity index (χ0n) is 19.2. The van der Waals surface area contributed by atoms with Crippen LogP contribution in [-0.2, 0) is 4.79 Å². The largest absolute Gasteiger partial charge is 0.508 e. The van der Waals surface area contributed by atoms with Gasteiger partial charge in [0.15, 0.2) is 22.9 Å². The Morgan fingerprint density at radius 3 is 2.36 bits per heavy atom. The van der Waals surface area contributed by atoms with Crippen LogP contribution in [0.15, 0.2) is 82.5 Å². The van der Waals surface area contributed by atoms with E-state index < -0.39 is 23.5 Å². The van der Waals surface area contributed by atoms with Crippen molar-refractivity contribution in [3.05, 3.63) is 94.4 Å². The number of halogens is 1. The van der Waals surface area contributed by atoms with Crippen LogP contribution < -0.4 is 14.4 Å². The number of methoxy groups -OCH3 is 2. The Hall–Kier alpha value is -4.43. The second-order valence-electron chi connectivity index (χ2n) is 8.07. The number of rotatable bonds is 6. The number of anilines is 1. The summed E-state index contributed by atoms with van der Waals surface area (Å²) in [6.07, 6.45) is 0. The predicted molar refractivity (Wildman–Crippen MR) is 133 cm³/mol. The zero-order chi connectivity index (χ0) is 25.6. The van der Waals surface area contributed by atoms with Crippen LogP contribution >= 0.6 is 11.6 Å². The molecular weight excluding hydrogens is 486 g/mol. The van der Waals surface area contributed by atoms with Crippen molar-refractivity contribution in [3.63, 3.8) is 0 Å². The number of aromatic hydroxyl groups is 1. The highest BCUT2D eigenvalue weighted by atomic mass is 35.5. The maximum Gasteiger partial charge on any atom is 0.294 e. The summed E-state index contributed by atoms with van der Waals surface area (Å²) in [6.45, 7) is 0. The van der Waals surface area contributed by atoms with Crippen molar-refractivity contribution in [2.75, 3.05) is 19.1 Å². The van der Waals surface area contributed by atoms with E-state index in [0.717, 1.165) is 0 Å². The van der Waals surface area contributed by atoms with E-state index >= 15 is 0 Å². The number of benzene rings is 3. The molecule has 182 valence electrons. The van der Waals surface area contributed by atoms with Gasteiger partial charge in [-0.25, -0.2) is 0 Å². The van der Waals surface area contributed by atoms with Gasteiger partial charge in [-0.2, -0.15) is 0 Å². The number of Topliss-reactive ketones (excluding diaryl/α,β-unsaturated/α-hetero) is 1. The summed E-state index contributed by atoms with van der Waals surface area (Å²) in [6, 6.07) is 16.4. The number of aliphatic hydroxyl groups is 1. The van der Waals surface area contributed by atoms with Gasteiger partial charge in [0, 0.05) is 16.5 Å². The fourth-order valence-electron chi connectivity index (χ4n) is 4.37. The monoisotopic (exact) mass is 505 g/mol. The first kappa shape index (κ1) is 23.3. The third-order valence-corrected chi connectivity index (χ3v) is 6.22. The maximum atomic E-state index is 13.8. The Morgan fingerprint density at radius 2 is 1.67 bits per heavy atom. The van der Waals surface area contributed by atoms with Crippen molar-refractivity contribution in [2.24, 2.45) is 0 Å². The first-order valence-electron chi connectivity index (χ1n) is 10.8. The van der Waals surface area contributed by atoms with E-state index in [2.05, 4.69) is 0 Å². The minimum atomic E-state index is -1.03. The number of phenolic OH excluding ortho intramolecular Hbond substituents is 1. The molecule has 0 radical (unpaired) electrons. The SMILES string of the molecule is COc1ccccc1N1C(=O)C(O)=C(C(=O)c2cc3cc(Cl)cc(OC)c3o2)C1c1ccc(O)cc1. The van der Waals surface area contributed by atoms with Gasteiger partial charge in [0.25, 0.3) is 5.91 Å². The van der Waals surface area contributed by atoms with Crippen LogP contribution in [-0.4, -0.2) is 36.1 Å². The maximum absolute atomic E-state index is 13.8. The second-order valence-corrected chi connectivity index (χ2v) is 8.51. The van der Waals surface area contributed by atoms with Crippen molar-refractivity contribution in [3.8, 4) is 17.2 Å². The molecule has 1 amide bonds. The molecule has 1 aliphatic heterocycles. The zero-order valence-corrected chi connectivity index (χ0v) is 19.9. The molecule has 0 spiro atoms. The lowest BCUT2D eigenvalue weighted by atomic mass is 9.94. The minimum absolute atomic E-state index is 0.00857. The van der Waals surface area contributed by atoms with Gasteiger partial charge in [-0.3, -0.25) is 14.5 Å². The predicted octanol–water partition coefficient (Wildman–Crippen LogP) is 5.59. The highest BCUT2D eigenvalue weighted by Gasteiger charge is 2.46. The molecule has 2 N–H and O–H groups in total. The molecular formula is C27H20ClNO7. The normalized spacial score (nSPS) is 15.6. The summed E-state index contributed by atoms with van der Waals surface area (Å²) in [5.74, 6) is -1.57. The number of ether oxygens (including phenoxy) is 2. The van der Waals surface area contributed by atoms with E-state index in [1.807, 2.05) is 0 Å². The Labute approximate surface area is 210 Å². The van der Waals surface area contributed by atoms with Crippen LogP contribution in [0.25, 0.3) is 11.0 Å². The van der Waals surface area contributed by atoms with Gasteiger partial charge in [-0.05, 0) is 42.0 Å². The van der Waals surface area contributed by atoms with Crippen LogP contribution in [0.2, 0.25) is 5.02 Å². The molecule has 0 fully saturated rings. The van der Waals surface area contributed by atoms with Gasteiger partial charge >= 0.3 is 0 Å². The molecule has 3 aromatic carbocycles. The number of fused-ring (bicyclic) bond motifs is 1. The number of hydrogen-bond acceptors (Lipinski definition) is 7. The molecule has 2 heterocycles. The van der Waals surface area contributed by atoms with Crippen LogP contribution in [0.5, 0.6) is 17.2 Å². The number of ketones is 1. The number of aliphatic hydroxyl groups excluding tert-OH is 1. The highest BCUT2D eigenvalue weighted by molar-refractivity contribution is 6.31. The standard InChI is InChI=1S/C27H20ClNO7/c1-34-19-6-4-3-5-18(19)29-23(14-7-9-17(30)10-8-14)22(25(32)27(29)33)24(31)20-12-15-11-16(28)13-21(35-2)26(15)36-20/h3-13,23,30,32H,1-2H3. The number of para-hydroxylation sites is 2. The number of phenols is 1. The van der Waals surface area contributed by atoms with Crippen molar-refractivity contribution in [1.29, 1.82) is 0 Å². The van der Waals surface area contributed by atoms with Gasteiger partial charge < -0.3 is 24.1 Å². The average molecular weight is 506 g/mol. The average Bonchev–Trinajstić information content (AvgIpc) is 3.42. The third kappa shape index (κ3) is 3.72. The molecule has 8 nitrogen and oxygen atoms in total.